The summed E-state index contributed by atoms with van der Waals surface area (Å²) in [5, 5.41) is 108. The van der Waals surface area contributed by atoms with Crippen LogP contribution in [0.15, 0.2) is 11.6 Å². The molecule has 0 aromatic rings. The van der Waals surface area contributed by atoms with Crippen LogP contribution in [0.1, 0.15) is 86.0 Å². The highest BCUT2D eigenvalue weighted by Crippen LogP contribution is 2.70. The zero-order valence-electron chi connectivity index (χ0n) is 37.0. The summed E-state index contributed by atoms with van der Waals surface area (Å²) in [5.74, 6) is 1.18. The molecule has 10 N–H and O–H groups in total. The third-order valence-electron chi connectivity index (χ3n) is 17.7. The van der Waals surface area contributed by atoms with Gasteiger partial charge in [0.25, 0.3) is 0 Å². The van der Waals surface area contributed by atoms with Crippen molar-refractivity contribution < 1.29 is 89.0 Å². The third-order valence-corrected chi connectivity index (χ3v) is 17.7. The molecule has 360 valence electrons. The van der Waals surface area contributed by atoms with E-state index < -0.39 is 123 Å². The van der Waals surface area contributed by atoms with Gasteiger partial charge in [-0.25, -0.2) is 0 Å². The Bertz CT molecular complexity index is 1640. The molecule has 27 atom stereocenters. The van der Waals surface area contributed by atoms with Crippen molar-refractivity contribution in [3.63, 3.8) is 0 Å². The lowest BCUT2D eigenvalue weighted by Crippen LogP contribution is -2.67. The summed E-state index contributed by atoms with van der Waals surface area (Å²) in [6, 6.07) is 0. The van der Waals surface area contributed by atoms with Gasteiger partial charge in [-0.1, -0.05) is 39.3 Å². The SMILES string of the molecule is CC1CCC2(OC1)OC1CC3C4C(O)C=C5CC(OC6OC(CO)C(O)C(OC7OC(CO)C(O)C(O)C7O)C6OC6OC(C)C(O)C(O)C6O)CCC5(C)C4CCC3(C)C1C2C. The van der Waals surface area contributed by atoms with Gasteiger partial charge in [-0.05, 0) is 92.3 Å². The van der Waals surface area contributed by atoms with E-state index in [1.165, 1.54) is 6.92 Å². The van der Waals surface area contributed by atoms with Gasteiger partial charge in [-0.15, -0.1) is 0 Å². The van der Waals surface area contributed by atoms with E-state index in [1.807, 2.05) is 6.08 Å². The van der Waals surface area contributed by atoms with Crippen LogP contribution in [-0.2, 0) is 37.9 Å². The van der Waals surface area contributed by atoms with Crippen molar-refractivity contribution in [1.29, 1.82) is 0 Å². The summed E-state index contributed by atoms with van der Waals surface area (Å²) in [4.78, 5) is 0. The Morgan fingerprint density at radius 1 is 0.667 bits per heavy atom. The maximum absolute atomic E-state index is 12.2. The second kappa shape index (κ2) is 17.5. The van der Waals surface area contributed by atoms with E-state index in [9.17, 15) is 51.1 Å². The first-order valence-corrected chi connectivity index (χ1v) is 23.5. The summed E-state index contributed by atoms with van der Waals surface area (Å²) in [6.07, 6.45) is -16.1. The molecule has 0 amide bonds. The minimum atomic E-state index is -1.87. The van der Waals surface area contributed by atoms with Gasteiger partial charge in [-0.2, -0.15) is 0 Å². The zero-order chi connectivity index (χ0) is 45.1. The van der Waals surface area contributed by atoms with Crippen molar-refractivity contribution >= 4 is 0 Å². The Labute approximate surface area is 368 Å². The van der Waals surface area contributed by atoms with Crippen LogP contribution in [0.25, 0.3) is 0 Å². The first-order valence-electron chi connectivity index (χ1n) is 23.5. The number of ether oxygens (including phenoxy) is 8. The number of hydrogen-bond acceptors (Lipinski definition) is 18. The molecule has 8 fully saturated rings. The maximum Gasteiger partial charge on any atom is 0.187 e. The molecule has 27 unspecified atom stereocenters. The van der Waals surface area contributed by atoms with Gasteiger partial charge >= 0.3 is 0 Å². The van der Waals surface area contributed by atoms with Crippen LogP contribution in [0.3, 0.4) is 0 Å². The van der Waals surface area contributed by atoms with Crippen LogP contribution in [0, 0.1) is 46.3 Å². The molecule has 0 aromatic heterocycles. The molecule has 63 heavy (non-hydrogen) atoms. The zero-order valence-corrected chi connectivity index (χ0v) is 37.0. The van der Waals surface area contributed by atoms with Crippen molar-refractivity contribution in [2.75, 3.05) is 19.8 Å². The molecule has 0 aromatic carbocycles. The largest absolute Gasteiger partial charge is 0.394 e. The highest BCUT2D eigenvalue weighted by Gasteiger charge is 2.70. The van der Waals surface area contributed by atoms with Crippen LogP contribution in [0.5, 0.6) is 0 Å². The first-order chi connectivity index (χ1) is 29.8. The Balaban J connectivity index is 0.955. The van der Waals surface area contributed by atoms with Gasteiger partial charge in [-0.3, -0.25) is 0 Å². The van der Waals surface area contributed by atoms with Crippen LogP contribution < -0.4 is 0 Å². The fourth-order valence-corrected chi connectivity index (χ4v) is 14.0. The molecule has 4 aliphatic carbocycles. The molecule has 0 bridgehead atoms. The summed E-state index contributed by atoms with van der Waals surface area (Å²) in [5.41, 5.74) is 0.843. The Morgan fingerprint density at radius 2 is 1.32 bits per heavy atom. The minimum Gasteiger partial charge on any atom is -0.394 e. The van der Waals surface area contributed by atoms with Gasteiger partial charge < -0.3 is 89.0 Å². The summed E-state index contributed by atoms with van der Waals surface area (Å²) in [7, 11) is 0. The Hall–Kier alpha value is -0.980. The van der Waals surface area contributed by atoms with Gasteiger partial charge in [0.2, 0.25) is 0 Å². The molecular formula is C45H72O18. The molecule has 5 aliphatic heterocycles. The Morgan fingerprint density at radius 3 is 2.00 bits per heavy atom. The van der Waals surface area contributed by atoms with Crippen LogP contribution in [-0.4, -0.2) is 187 Å². The van der Waals surface area contributed by atoms with Gasteiger partial charge in [0.05, 0.1) is 44.2 Å². The van der Waals surface area contributed by atoms with E-state index in [4.69, 9.17) is 37.9 Å². The van der Waals surface area contributed by atoms with E-state index in [0.717, 1.165) is 50.7 Å². The maximum atomic E-state index is 12.2. The predicted octanol–water partition coefficient (Wildman–Crippen LogP) is -0.815. The first kappa shape index (κ1) is 47.1. The molecule has 18 heteroatoms. The van der Waals surface area contributed by atoms with E-state index in [2.05, 4.69) is 27.7 Å². The standard InChI is InChI=1S/C45H72O18/c1-18-6-11-45(56-17-18)19(2)30-26(63-45)14-24-29-23(8-10-44(24,30)5)43(4)9-7-22(12-21(43)13-25(29)48)58-42-39(62-40-36(54)34(52)31(49)20(3)57-40)38(33(51)28(16-47)60-42)61-41-37(55)35(53)32(50)27(15-46)59-41/h13,18-20,22-42,46-55H,6-12,14-17H2,1-5H3. The van der Waals surface area contributed by atoms with Gasteiger partial charge in [0.1, 0.15) is 67.1 Å². The van der Waals surface area contributed by atoms with E-state index >= 15 is 0 Å². The quantitative estimate of drug-likeness (QED) is 0.133. The molecule has 1 spiro atoms. The molecule has 9 aliphatic rings. The van der Waals surface area contributed by atoms with Crippen LogP contribution in [0.2, 0.25) is 0 Å². The average Bonchev–Trinajstić information content (AvgIpc) is 3.71. The second-order valence-electron chi connectivity index (χ2n) is 21.2. The highest BCUT2D eigenvalue weighted by molar-refractivity contribution is 5.29. The molecule has 18 nitrogen and oxygen atoms in total. The summed E-state index contributed by atoms with van der Waals surface area (Å²) < 4.78 is 50.0. The normalized spacial score (nSPS) is 58.1. The Kier molecular flexibility index (Phi) is 13.1. The lowest BCUT2D eigenvalue weighted by Gasteiger charge is -2.59. The van der Waals surface area contributed by atoms with Gasteiger partial charge in [0.15, 0.2) is 24.7 Å². The number of aliphatic hydroxyl groups is 10. The molecule has 3 saturated carbocycles. The lowest BCUT2D eigenvalue weighted by atomic mass is 9.46. The van der Waals surface area contributed by atoms with E-state index in [-0.39, 0.29) is 40.6 Å². The molecule has 9 rings (SSSR count). The van der Waals surface area contributed by atoms with Crippen molar-refractivity contribution in [2.24, 2.45) is 46.3 Å². The van der Waals surface area contributed by atoms with Gasteiger partial charge in [0, 0.05) is 12.3 Å². The number of hydrogen-bond donors (Lipinski definition) is 10. The smallest absolute Gasteiger partial charge is 0.187 e. The third kappa shape index (κ3) is 7.71. The summed E-state index contributed by atoms with van der Waals surface area (Å²) >= 11 is 0. The van der Waals surface area contributed by atoms with Crippen molar-refractivity contribution in [1.82, 2.24) is 0 Å². The number of fused-ring (bicyclic) bond motifs is 7. The van der Waals surface area contributed by atoms with Crippen molar-refractivity contribution in [3.05, 3.63) is 11.6 Å². The van der Waals surface area contributed by atoms with Crippen molar-refractivity contribution in [2.45, 2.75) is 202 Å². The molecule has 5 heterocycles. The molecular weight excluding hydrogens is 828 g/mol. The summed E-state index contributed by atoms with van der Waals surface area (Å²) in [6.45, 7) is 10.0. The fraction of sp³-hybridized carbons (Fsp3) is 0.956. The van der Waals surface area contributed by atoms with Crippen LogP contribution in [0.4, 0.5) is 0 Å². The minimum absolute atomic E-state index is 0.00108. The van der Waals surface area contributed by atoms with E-state index in [1.54, 1.807) is 0 Å². The second-order valence-corrected chi connectivity index (χ2v) is 21.2. The van der Waals surface area contributed by atoms with Crippen molar-refractivity contribution in [3.8, 4) is 0 Å². The van der Waals surface area contributed by atoms with Crippen LogP contribution >= 0.6 is 0 Å². The average molecular weight is 901 g/mol. The fourth-order valence-electron chi connectivity index (χ4n) is 14.0. The number of aliphatic hydroxyl groups excluding tert-OH is 10. The lowest BCUT2D eigenvalue weighted by molar-refractivity contribution is -0.394. The highest BCUT2D eigenvalue weighted by atomic mass is 16.8. The monoisotopic (exact) mass is 900 g/mol. The molecule has 0 radical (unpaired) electrons. The molecule has 5 saturated heterocycles. The van der Waals surface area contributed by atoms with E-state index in [0.29, 0.717) is 24.7 Å². The number of rotatable bonds is 8. The predicted molar refractivity (Wildman–Crippen MR) is 216 cm³/mol. The topological polar surface area (TPSA) is 276 Å².